The van der Waals surface area contributed by atoms with Gasteiger partial charge in [-0.2, -0.15) is 0 Å². The number of hydrogen-bond donors (Lipinski definition) is 1. The van der Waals surface area contributed by atoms with Crippen molar-refractivity contribution >= 4 is 5.97 Å². The minimum Gasteiger partial charge on any atom is -0.462 e. The summed E-state index contributed by atoms with van der Waals surface area (Å²) in [5.41, 5.74) is 0.360. The summed E-state index contributed by atoms with van der Waals surface area (Å²) in [4.78, 5) is 11.5. The molecule has 1 aliphatic rings. The van der Waals surface area contributed by atoms with E-state index in [4.69, 9.17) is 14.2 Å². The zero-order valence-electron chi connectivity index (χ0n) is 12.0. The summed E-state index contributed by atoms with van der Waals surface area (Å²) in [5, 5.41) is 9.53. The van der Waals surface area contributed by atoms with Crippen LogP contribution in [0.5, 0.6) is 0 Å². The van der Waals surface area contributed by atoms with Crippen LogP contribution in [0.15, 0.2) is 11.6 Å². The van der Waals surface area contributed by atoms with Crippen molar-refractivity contribution in [2.75, 3.05) is 33.0 Å². The SMILES string of the molecule is CCC(CO)(COCC1CO1)COC(=O)C=C(C)C. The number of epoxide rings is 1. The predicted molar refractivity (Wildman–Crippen MR) is 70.8 cm³/mol. The molecule has 0 spiro atoms. The molecule has 0 bridgehead atoms. The second-order valence-electron chi connectivity index (χ2n) is 5.31. The molecule has 110 valence electrons. The summed E-state index contributed by atoms with van der Waals surface area (Å²) in [6.45, 7) is 7.34. The van der Waals surface area contributed by atoms with Gasteiger partial charge < -0.3 is 19.3 Å². The summed E-state index contributed by atoms with van der Waals surface area (Å²) in [5.74, 6) is -0.378. The smallest absolute Gasteiger partial charge is 0.330 e. The molecule has 1 aliphatic heterocycles. The lowest BCUT2D eigenvalue weighted by Gasteiger charge is -2.29. The van der Waals surface area contributed by atoms with Crippen LogP contribution < -0.4 is 0 Å². The summed E-state index contributed by atoms with van der Waals surface area (Å²) in [7, 11) is 0. The van der Waals surface area contributed by atoms with Crippen LogP contribution >= 0.6 is 0 Å². The Bertz CT molecular complexity index is 312. The molecule has 1 fully saturated rings. The molecule has 0 aromatic rings. The van der Waals surface area contributed by atoms with Crippen molar-refractivity contribution in [3.8, 4) is 0 Å². The molecule has 1 heterocycles. The van der Waals surface area contributed by atoms with Crippen LogP contribution in [0.25, 0.3) is 0 Å². The molecule has 5 nitrogen and oxygen atoms in total. The molecule has 19 heavy (non-hydrogen) atoms. The third-order valence-corrected chi connectivity index (χ3v) is 3.13. The van der Waals surface area contributed by atoms with Gasteiger partial charge in [-0.05, 0) is 20.3 Å². The van der Waals surface area contributed by atoms with Crippen LogP contribution in [0.2, 0.25) is 0 Å². The summed E-state index contributed by atoms with van der Waals surface area (Å²) >= 11 is 0. The average molecular weight is 272 g/mol. The van der Waals surface area contributed by atoms with Crippen molar-refractivity contribution < 1.29 is 24.1 Å². The van der Waals surface area contributed by atoms with E-state index < -0.39 is 5.41 Å². The second kappa shape index (κ2) is 7.62. The number of hydrogen-bond acceptors (Lipinski definition) is 5. The zero-order valence-corrected chi connectivity index (χ0v) is 12.0. The molecule has 5 heteroatoms. The molecule has 0 aromatic heterocycles. The Morgan fingerprint density at radius 3 is 2.63 bits per heavy atom. The van der Waals surface area contributed by atoms with Gasteiger partial charge in [-0.1, -0.05) is 12.5 Å². The Morgan fingerprint density at radius 1 is 1.47 bits per heavy atom. The van der Waals surface area contributed by atoms with E-state index in [9.17, 15) is 9.90 Å². The number of esters is 1. The molecule has 0 saturated carbocycles. The number of ether oxygens (including phenoxy) is 3. The van der Waals surface area contributed by atoms with E-state index >= 15 is 0 Å². The van der Waals surface area contributed by atoms with E-state index in [2.05, 4.69) is 0 Å². The quantitative estimate of drug-likeness (QED) is 0.389. The average Bonchev–Trinajstić information content (AvgIpc) is 3.17. The zero-order chi connectivity index (χ0) is 14.3. The van der Waals surface area contributed by atoms with Crippen molar-refractivity contribution in [3.63, 3.8) is 0 Å². The van der Waals surface area contributed by atoms with Gasteiger partial charge in [0.05, 0.1) is 31.8 Å². The van der Waals surface area contributed by atoms with Gasteiger partial charge in [0.25, 0.3) is 0 Å². The molecular formula is C14H24O5. The molecule has 2 unspecified atom stereocenters. The van der Waals surface area contributed by atoms with E-state index in [0.29, 0.717) is 19.6 Å². The molecule has 1 rings (SSSR count). The van der Waals surface area contributed by atoms with Crippen molar-refractivity contribution in [3.05, 3.63) is 11.6 Å². The summed E-state index contributed by atoms with van der Waals surface area (Å²) in [6, 6.07) is 0. The fraction of sp³-hybridized carbons (Fsp3) is 0.786. The van der Waals surface area contributed by atoms with Crippen LogP contribution in [0, 0.1) is 5.41 Å². The van der Waals surface area contributed by atoms with Gasteiger partial charge in [-0.15, -0.1) is 0 Å². The third kappa shape index (κ3) is 6.18. The maximum absolute atomic E-state index is 11.5. The second-order valence-corrected chi connectivity index (χ2v) is 5.31. The van der Waals surface area contributed by atoms with Crippen LogP contribution in [0.1, 0.15) is 27.2 Å². The molecule has 0 radical (unpaired) electrons. The minimum atomic E-state index is -0.528. The van der Waals surface area contributed by atoms with Gasteiger partial charge in [0.15, 0.2) is 0 Å². The Hall–Kier alpha value is -0.910. The third-order valence-electron chi connectivity index (χ3n) is 3.13. The topological polar surface area (TPSA) is 68.3 Å². The summed E-state index contributed by atoms with van der Waals surface area (Å²) < 4.78 is 15.8. The van der Waals surface area contributed by atoms with E-state index in [0.717, 1.165) is 12.2 Å². The molecule has 1 saturated heterocycles. The largest absolute Gasteiger partial charge is 0.462 e. The van der Waals surface area contributed by atoms with Crippen LogP contribution in [-0.2, 0) is 19.0 Å². The van der Waals surface area contributed by atoms with E-state index in [1.807, 2.05) is 20.8 Å². The molecule has 1 N–H and O–H groups in total. The lowest BCUT2D eigenvalue weighted by atomic mass is 9.88. The van der Waals surface area contributed by atoms with Gasteiger partial charge in [0.2, 0.25) is 0 Å². The number of rotatable bonds is 9. The Balaban J connectivity index is 2.39. The Morgan fingerprint density at radius 2 is 2.16 bits per heavy atom. The first-order valence-electron chi connectivity index (χ1n) is 6.63. The molecule has 0 aliphatic carbocycles. The van der Waals surface area contributed by atoms with Crippen LogP contribution in [0.4, 0.5) is 0 Å². The van der Waals surface area contributed by atoms with Crippen molar-refractivity contribution in [2.45, 2.75) is 33.3 Å². The van der Waals surface area contributed by atoms with E-state index in [1.54, 1.807) is 0 Å². The predicted octanol–water partition coefficient (Wildman–Crippen LogP) is 1.30. The first-order valence-corrected chi connectivity index (χ1v) is 6.63. The highest BCUT2D eigenvalue weighted by atomic mass is 16.6. The Kier molecular flexibility index (Phi) is 6.48. The number of allylic oxidation sites excluding steroid dienone is 1. The fourth-order valence-corrected chi connectivity index (χ4v) is 1.52. The van der Waals surface area contributed by atoms with Crippen molar-refractivity contribution in [1.82, 2.24) is 0 Å². The highest BCUT2D eigenvalue weighted by molar-refractivity contribution is 5.82. The molecule has 0 aromatic carbocycles. The van der Waals surface area contributed by atoms with E-state index in [1.165, 1.54) is 6.08 Å². The maximum Gasteiger partial charge on any atom is 0.330 e. The van der Waals surface area contributed by atoms with Gasteiger partial charge in [0, 0.05) is 6.08 Å². The fourth-order valence-electron chi connectivity index (χ4n) is 1.52. The Labute approximate surface area is 114 Å². The standard InChI is InChI=1S/C14H24O5/c1-4-14(8-15,9-17-6-12-7-18-12)10-19-13(16)5-11(2)3/h5,12,15H,4,6-10H2,1-3H3. The highest BCUT2D eigenvalue weighted by Crippen LogP contribution is 2.23. The molecular weight excluding hydrogens is 248 g/mol. The summed E-state index contributed by atoms with van der Waals surface area (Å²) in [6.07, 6.45) is 2.31. The molecule has 2 atom stereocenters. The lowest BCUT2D eigenvalue weighted by molar-refractivity contribution is -0.145. The van der Waals surface area contributed by atoms with Gasteiger partial charge in [-0.3, -0.25) is 0 Å². The number of aliphatic hydroxyl groups is 1. The minimum absolute atomic E-state index is 0.0723. The maximum atomic E-state index is 11.5. The van der Waals surface area contributed by atoms with Crippen molar-refractivity contribution in [1.29, 1.82) is 0 Å². The first-order chi connectivity index (χ1) is 9.01. The number of carbonyl (C=O) groups is 1. The number of carbonyl (C=O) groups excluding carboxylic acids is 1. The van der Waals surface area contributed by atoms with Gasteiger partial charge in [0.1, 0.15) is 12.7 Å². The van der Waals surface area contributed by atoms with Crippen LogP contribution in [0.3, 0.4) is 0 Å². The first kappa shape index (κ1) is 16.1. The van der Waals surface area contributed by atoms with E-state index in [-0.39, 0.29) is 25.3 Å². The van der Waals surface area contributed by atoms with Crippen LogP contribution in [-0.4, -0.2) is 50.2 Å². The normalized spacial score (nSPS) is 20.5. The molecule has 0 amide bonds. The highest BCUT2D eigenvalue weighted by Gasteiger charge is 2.31. The van der Waals surface area contributed by atoms with Crippen molar-refractivity contribution in [2.24, 2.45) is 5.41 Å². The monoisotopic (exact) mass is 272 g/mol. The number of aliphatic hydroxyl groups excluding tert-OH is 1. The van der Waals surface area contributed by atoms with Gasteiger partial charge in [-0.25, -0.2) is 4.79 Å². The van der Waals surface area contributed by atoms with Gasteiger partial charge >= 0.3 is 5.97 Å². The lowest BCUT2D eigenvalue weighted by Crippen LogP contribution is -2.36.